The standard InChI is InChI=1S/C22H22F5N3O4/c1-4-12-15(11-5-6-13(23)16(24)17(11)33-3)18(34-21(12,2)22(25,26)27)20(32)30-10-7-8-29-14(9-10)19(28)31/h5-9,12,15,18H,4H2,1-3H3,(H2,28,31)(H,29,30,32)/t12-,15-,18-,21-/m0/s1. The maximum absolute atomic E-state index is 14.5. The van der Waals surface area contributed by atoms with Crippen molar-refractivity contribution in [1.82, 2.24) is 4.98 Å². The van der Waals surface area contributed by atoms with Gasteiger partial charge in [-0.05, 0) is 31.5 Å². The highest BCUT2D eigenvalue weighted by atomic mass is 19.4. The molecule has 2 aromatic rings. The van der Waals surface area contributed by atoms with Crippen LogP contribution >= 0.6 is 0 Å². The molecule has 0 aliphatic carbocycles. The molecule has 34 heavy (non-hydrogen) atoms. The maximum Gasteiger partial charge on any atom is 0.417 e. The van der Waals surface area contributed by atoms with E-state index in [9.17, 15) is 31.5 Å². The molecule has 0 radical (unpaired) electrons. The molecule has 3 N–H and O–H groups in total. The van der Waals surface area contributed by atoms with Crippen molar-refractivity contribution in [2.45, 2.75) is 44.1 Å². The van der Waals surface area contributed by atoms with E-state index in [-0.39, 0.29) is 23.4 Å². The number of carbonyl (C=O) groups is 2. The van der Waals surface area contributed by atoms with Gasteiger partial charge in [0.1, 0.15) is 11.8 Å². The number of amides is 2. The molecular weight excluding hydrogens is 465 g/mol. The SMILES string of the molecule is CC[C@H]1[C@H](c2ccc(F)c(F)c2OC)[C@@H](C(=O)Nc2ccnc(C(N)=O)c2)O[C@]1(C)C(F)(F)F. The molecule has 4 atom stereocenters. The van der Waals surface area contributed by atoms with Crippen molar-refractivity contribution in [3.63, 3.8) is 0 Å². The number of aromatic nitrogens is 1. The van der Waals surface area contributed by atoms with Crippen molar-refractivity contribution in [3.05, 3.63) is 53.4 Å². The first kappa shape index (κ1) is 25.3. The molecule has 7 nitrogen and oxygen atoms in total. The number of carbonyl (C=O) groups excluding carboxylic acids is 2. The number of pyridine rings is 1. The second-order valence-electron chi connectivity index (χ2n) is 7.95. The number of anilines is 1. The Morgan fingerprint density at radius 2 is 1.94 bits per heavy atom. The number of benzene rings is 1. The van der Waals surface area contributed by atoms with Crippen LogP contribution in [0.5, 0.6) is 5.75 Å². The predicted molar refractivity (Wildman–Crippen MR) is 110 cm³/mol. The third-order valence-electron chi connectivity index (χ3n) is 6.02. The number of alkyl halides is 3. The first-order valence-electron chi connectivity index (χ1n) is 10.2. The van der Waals surface area contributed by atoms with Crippen LogP contribution in [0.25, 0.3) is 0 Å². The molecular formula is C22H22F5N3O4. The summed E-state index contributed by atoms with van der Waals surface area (Å²) in [4.78, 5) is 28.2. The molecule has 2 heterocycles. The van der Waals surface area contributed by atoms with E-state index >= 15 is 0 Å². The van der Waals surface area contributed by atoms with Crippen LogP contribution in [-0.4, -0.2) is 41.8 Å². The lowest BCUT2D eigenvalue weighted by molar-refractivity contribution is -0.274. The van der Waals surface area contributed by atoms with E-state index in [0.29, 0.717) is 0 Å². The molecule has 0 bridgehead atoms. The summed E-state index contributed by atoms with van der Waals surface area (Å²) in [5, 5.41) is 2.39. The highest BCUT2D eigenvalue weighted by Gasteiger charge is 2.66. The first-order chi connectivity index (χ1) is 15.9. The average molecular weight is 487 g/mol. The van der Waals surface area contributed by atoms with Gasteiger partial charge in [0.15, 0.2) is 17.2 Å². The summed E-state index contributed by atoms with van der Waals surface area (Å²) in [6, 6.07) is 4.27. The number of primary amides is 1. The average Bonchev–Trinajstić information content (AvgIpc) is 3.09. The molecule has 1 saturated heterocycles. The Labute approximate surface area is 191 Å². The molecule has 3 rings (SSSR count). The monoisotopic (exact) mass is 487 g/mol. The van der Waals surface area contributed by atoms with Gasteiger partial charge in [-0.25, -0.2) is 4.39 Å². The van der Waals surface area contributed by atoms with Crippen LogP contribution in [0.1, 0.15) is 42.2 Å². The number of nitrogens with two attached hydrogens (primary N) is 1. The number of halogens is 5. The van der Waals surface area contributed by atoms with Crippen LogP contribution in [0.15, 0.2) is 30.5 Å². The van der Waals surface area contributed by atoms with Gasteiger partial charge in [0, 0.05) is 29.3 Å². The van der Waals surface area contributed by atoms with E-state index in [1.165, 1.54) is 19.2 Å². The molecule has 1 aromatic carbocycles. The van der Waals surface area contributed by atoms with Crippen molar-refractivity contribution in [2.24, 2.45) is 11.7 Å². The Balaban J connectivity index is 2.11. The smallest absolute Gasteiger partial charge is 0.417 e. The van der Waals surface area contributed by atoms with Gasteiger partial charge >= 0.3 is 6.18 Å². The molecule has 0 spiro atoms. The summed E-state index contributed by atoms with van der Waals surface area (Å²) >= 11 is 0. The van der Waals surface area contributed by atoms with Crippen LogP contribution < -0.4 is 15.8 Å². The summed E-state index contributed by atoms with van der Waals surface area (Å²) in [5.74, 6) is -7.84. The van der Waals surface area contributed by atoms with E-state index in [0.717, 1.165) is 32.2 Å². The van der Waals surface area contributed by atoms with Crippen molar-refractivity contribution in [3.8, 4) is 5.75 Å². The second-order valence-corrected chi connectivity index (χ2v) is 7.95. The highest BCUT2D eigenvalue weighted by Crippen LogP contribution is 2.56. The quantitative estimate of drug-likeness (QED) is 0.601. The second kappa shape index (κ2) is 9.16. The third kappa shape index (κ3) is 4.29. The minimum absolute atomic E-state index is 0.0297. The van der Waals surface area contributed by atoms with Gasteiger partial charge in [-0.3, -0.25) is 14.6 Å². The van der Waals surface area contributed by atoms with Gasteiger partial charge < -0.3 is 20.5 Å². The van der Waals surface area contributed by atoms with Crippen LogP contribution in [0.4, 0.5) is 27.6 Å². The van der Waals surface area contributed by atoms with Gasteiger partial charge in [0.05, 0.1) is 7.11 Å². The fourth-order valence-electron chi connectivity index (χ4n) is 4.37. The molecule has 0 unspecified atom stereocenters. The Morgan fingerprint density at radius 1 is 1.26 bits per heavy atom. The molecule has 0 saturated carbocycles. The van der Waals surface area contributed by atoms with Gasteiger partial charge in [-0.15, -0.1) is 0 Å². The number of methoxy groups -OCH3 is 1. The molecule has 1 aliphatic heterocycles. The molecule has 1 aliphatic rings. The van der Waals surface area contributed by atoms with Crippen molar-refractivity contribution < 1.29 is 41.0 Å². The number of ether oxygens (including phenoxy) is 2. The van der Waals surface area contributed by atoms with Crippen molar-refractivity contribution in [2.75, 3.05) is 12.4 Å². The molecule has 184 valence electrons. The van der Waals surface area contributed by atoms with Crippen LogP contribution in [-0.2, 0) is 9.53 Å². The summed E-state index contributed by atoms with van der Waals surface area (Å²) in [6.07, 6.45) is -5.58. The number of hydrogen-bond donors (Lipinski definition) is 2. The van der Waals surface area contributed by atoms with Crippen molar-refractivity contribution >= 4 is 17.5 Å². The zero-order valence-electron chi connectivity index (χ0n) is 18.4. The minimum Gasteiger partial charge on any atom is -0.493 e. The maximum atomic E-state index is 14.5. The van der Waals surface area contributed by atoms with Crippen LogP contribution in [0.2, 0.25) is 0 Å². The third-order valence-corrected chi connectivity index (χ3v) is 6.02. The molecule has 1 aromatic heterocycles. The van der Waals surface area contributed by atoms with E-state index in [1.807, 2.05) is 0 Å². The molecule has 12 heteroatoms. The minimum atomic E-state index is -4.89. The Kier molecular flexibility index (Phi) is 6.83. The molecule has 2 amide bonds. The van der Waals surface area contributed by atoms with Crippen LogP contribution in [0.3, 0.4) is 0 Å². The van der Waals surface area contributed by atoms with Gasteiger partial charge in [-0.1, -0.05) is 13.0 Å². The van der Waals surface area contributed by atoms with Crippen LogP contribution in [0, 0.1) is 17.6 Å². The number of hydrogen-bond acceptors (Lipinski definition) is 5. The summed E-state index contributed by atoms with van der Waals surface area (Å²) < 4.78 is 80.9. The zero-order chi connectivity index (χ0) is 25.4. The summed E-state index contributed by atoms with van der Waals surface area (Å²) in [6.45, 7) is 2.28. The highest BCUT2D eigenvalue weighted by molar-refractivity contribution is 5.97. The largest absolute Gasteiger partial charge is 0.493 e. The van der Waals surface area contributed by atoms with Gasteiger partial charge in [-0.2, -0.15) is 17.6 Å². The normalized spacial score (nSPS) is 24.6. The van der Waals surface area contributed by atoms with Gasteiger partial charge in [0.2, 0.25) is 5.82 Å². The fraction of sp³-hybridized carbons (Fsp3) is 0.409. The zero-order valence-corrected chi connectivity index (χ0v) is 18.4. The Morgan fingerprint density at radius 3 is 2.50 bits per heavy atom. The van der Waals surface area contributed by atoms with E-state index in [4.69, 9.17) is 15.2 Å². The number of rotatable bonds is 6. The lowest BCUT2D eigenvalue weighted by atomic mass is 9.74. The Hall–Kier alpha value is -3.28. The number of nitrogens with zero attached hydrogens (tertiary/aromatic N) is 1. The van der Waals surface area contributed by atoms with E-state index < -0.39 is 58.9 Å². The van der Waals surface area contributed by atoms with Gasteiger partial charge in [0.25, 0.3) is 11.8 Å². The Bertz CT molecular complexity index is 1110. The molecule has 1 fully saturated rings. The fourth-order valence-corrected chi connectivity index (χ4v) is 4.37. The number of nitrogens with one attached hydrogen (secondary N) is 1. The van der Waals surface area contributed by atoms with E-state index in [2.05, 4.69) is 10.3 Å². The lowest BCUT2D eigenvalue weighted by Gasteiger charge is -2.33. The first-order valence-corrected chi connectivity index (χ1v) is 10.2. The topological polar surface area (TPSA) is 104 Å². The predicted octanol–water partition coefficient (Wildman–Crippen LogP) is 3.94. The van der Waals surface area contributed by atoms with E-state index in [1.54, 1.807) is 0 Å². The van der Waals surface area contributed by atoms with Crippen molar-refractivity contribution in [1.29, 1.82) is 0 Å². The summed E-state index contributed by atoms with van der Waals surface area (Å²) in [5.41, 5.74) is 2.09. The lowest BCUT2D eigenvalue weighted by Crippen LogP contribution is -2.48. The summed E-state index contributed by atoms with van der Waals surface area (Å²) in [7, 11) is 1.04.